The van der Waals surface area contributed by atoms with Crippen molar-refractivity contribution >= 4 is 12.6 Å². The van der Waals surface area contributed by atoms with Crippen LogP contribution in [0.5, 0.6) is 0 Å². The van der Waals surface area contributed by atoms with E-state index in [0.717, 1.165) is 17.6 Å². The normalized spacial score (nSPS) is 24.6. The van der Waals surface area contributed by atoms with Gasteiger partial charge in [-0.3, -0.25) is 0 Å². The standard InChI is InChI=1S/C9H18S/c1-8(7-10)9-5-3-2-4-6-9/h8-10H,2-7H2,1H3. The van der Waals surface area contributed by atoms with Gasteiger partial charge in [-0.25, -0.2) is 0 Å². The van der Waals surface area contributed by atoms with Gasteiger partial charge in [-0.05, 0) is 17.6 Å². The maximum Gasteiger partial charge on any atom is -0.00695 e. The first kappa shape index (κ1) is 8.45. The monoisotopic (exact) mass is 158 g/mol. The first-order valence-corrected chi connectivity index (χ1v) is 5.08. The first-order chi connectivity index (χ1) is 4.84. The minimum atomic E-state index is 0.851. The zero-order valence-corrected chi connectivity index (χ0v) is 7.74. The molecule has 0 saturated heterocycles. The van der Waals surface area contributed by atoms with Crippen LogP contribution in [-0.4, -0.2) is 5.75 Å². The van der Waals surface area contributed by atoms with Crippen molar-refractivity contribution in [3.8, 4) is 0 Å². The van der Waals surface area contributed by atoms with E-state index < -0.39 is 0 Å². The van der Waals surface area contributed by atoms with E-state index in [1.165, 1.54) is 32.1 Å². The molecule has 1 heteroatoms. The van der Waals surface area contributed by atoms with E-state index in [-0.39, 0.29) is 0 Å². The van der Waals surface area contributed by atoms with Crippen LogP contribution in [0.2, 0.25) is 0 Å². The highest BCUT2D eigenvalue weighted by molar-refractivity contribution is 7.80. The molecule has 0 nitrogen and oxygen atoms in total. The van der Waals surface area contributed by atoms with E-state index in [0.29, 0.717) is 0 Å². The van der Waals surface area contributed by atoms with Gasteiger partial charge in [-0.15, -0.1) is 0 Å². The van der Waals surface area contributed by atoms with Crippen molar-refractivity contribution in [1.29, 1.82) is 0 Å². The molecule has 0 spiro atoms. The van der Waals surface area contributed by atoms with Crippen LogP contribution in [-0.2, 0) is 0 Å². The summed E-state index contributed by atoms with van der Waals surface area (Å²) < 4.78 is 0. The molecule has 60 valence electrons. The smallest absolute Gasteiger partial charge is 0.00695 e. The van der Waals surface area contributed by atoms with Crippen molar-refractivity contribution in [2.24, 2.45) is 11.8 Å². The lowest BCUT2D eigenvalue weighted by Gasteiger charge is -2.26. The average Bonchev–Trinajstić information content (AvgIpc) is 2.05. The van der Waals surface area contributed by atoms with Crippen LogP contribution in [0.3, 0.4) is 0 Å². The predicted molar refractivity (Wildman–Crippen MR) is 49.6 cm³/mol. The van der Waals surface area contributed by atoms with E-state index in [4.69, 9.17) is 0 Å². The van der Waals surface area contributed by atoms with Crippen LogP contribution >= 0.6 is 12.6 Å². The van der Waals surface area contributed by atoms with Crippen molar-refractivity contribution in [3.63, 3.8) is 0 Å². The SMILES string of the molecule is CC(CS)C1CCCCC1. The molecule has 1 aliphatic rings. The molecule has 0 N–H and O–H groups in total. The Morgan fingerprint density at radius 3 is 2.40 bits per heavy atom. The lowest BCUT2D eigenvalue weighted by molar-refractivity contribution is 0.283. The van der Waals surface area contributed by atoms with Crippen molar-refractivity contribution < 1.29 is 0 Å². The minimum absolute atomic E-state index is 0.851. The molecule has 0 radical (unpaired) electrons. The van der Waals surface area contributed by atoms with Gasteiger partial charge in [0, 0.05) is 0 Å². The summed E-state index contributed by atoms with van der Waals surface area (Å²) in [5.41, 5.74) is 0. The zero-order chi connectivity index (χ0) is 7.40. The van der Waals surface area contributed by atoms with E-state index in [9.17, 15) is 0 Å². The van der Waals surface area contributed by atoms with Gasteiger partial charge in [0.1, 0.15) is 0 Å². The second-order valence-electron chi connectivity index (χ2n) is 3.56. The molecule has 0 heterocycles. The fraction of sp³-hybridized carbons (Fsp3) is 1.00. The van der Waals surface area contributed by atoms with Crippen LogP contribution in [0.1, 0.15) is 39.0 Å². The second kappa shape index (κ2) is 4.27. The Morgan fingerprint density at radius 2 is 1.90 bits per heavy atom. The van der Waals surface area contributed by atoms with E-state index in [1.54, 1.807) is 0 Å². The molecule has 0 aromatic carbocycles. The molecular weight excluding hydrogens is 140 g/mol. The summed E-state index contributed by atoms with van der Waals surface area (Å²) in [6.07, 6.45) is 7.31. The van der Waals surface area contributed by atoms with Crippen LogP contribution in [0.25, 0.3) is 0 Å². The van der Waals surface area contributed by atoms with Crippen molar-refractivity contribution in [2.75, 3.05) is 5.75 Å². The fourth-order valence-corrected chi connectivity index (χ4v) is 2.15. The Balaban J connectivity index is 2.24. The number of thiol groups is 1. The van der Waals surface area contributed by atoms with Gasteiger partial charge in [0.25, 0.3) is 0 Å². The van der Waals surface area contributed by atoms with Gasteiger partial charge < -0.3 is 0 Å². The molecule has 0 aromatic heterocycles. The molecule has 10 heavy (non-hydrogen) atoms. The summed E-state index contributed by atoms with van der Waals surface area (Å²) >= 11 is 4.33. The summed E-state index contributed by atoms with van der Waals surface area (Å²) in [5, 5.41) is 0. The summed E-state index contributed by atoms with van der Waals surface area (Å²) in [7, 11) is 0. The van der Waals surface area contributed by atoms with E-state index >= 15 is 0 Å². The Labute approximate surface area is 69.8 Å². The molecular formula is C9H18S. The molecule has 0 aromatic rings. The minimum Gasteiger partial charge on any atom is -0.179 e. The lowest BCUT2D eigenvalue weighted by Crippen LogP contribution is -2.16. The third-order valence-electron chi connectivity index (χ3n) is 2.74. The Bertz CT molecular complexity index is 84.7. The summed E-state index contributed by atoms with van der Waals surface area (Å²) in [4.78, 5) is 0. The second-order valence-corrected chi connectivity index (χ2v) is 3.92. The Hall–Kier alpha value is 0.350. The van der Waals surface area contributed by atoms with Gasteiger partial charge in [0.15, 0.2) is 0 Å². The highest BCUT2D eigenvalue weighted by atomic mass is 32.1. The maximum atomic E-state index is 4.33. The molecule has 1 rings (SSSR count). The van der Waals surface area contributed by atoms with Gasteiger partial charge in [-0.2, -0.15) is 12.6 Å². The molecule has 1 unspecified atom stereocenters. The van der Waals surface area contributed by atoms with E-state index in [2.05, 4.69) is 19.6 Å². The van der Waals surface area contributed by atoms with Crippen LogP contribution < -0.4 is 0 Å². The van der Waals surface area contributed by atoms with Crippen LogP contribution in [0, 0.1) is 11.8 Å². The fourth-order valence-electron chi connectivity index (χ4n) is 1.85. The van der Waals surface area contributed by atoms with Crippen LogP contribution in [0.15, 0.2) is 0 Å². The van der Waals surface area contributed by atoms with Crippen molar-refractivity contribution in [3.05, 3.63) is 0 Å². The topological polar surface area (TPSA) is 0 Å². The molecule has 1 aliphatic carbocycles. The third kappa shape index (κ3) is 2.19. The summed E-state index contributed by atoms with van der Waals surface area (Å²) in [5.74, 6) is 2.92. The largest absolute Gasteiger partial charge is 0.179 e. The van der Waals surface area contributed by atoms with Crippen molar-refractivity contribution in [1.82, 2.24) is 0 Å². The van der Waals surface area contributed by atoms with Gasteiger partial charge in [0.05, 0.1) is 0 Å². The van der Waals surface area contributed by atoms with Gasteiger partial charge >= 0.3 is 0 Å². The molecule has 0 amide bonds. The number of hydrogen-bond donors (Lipinski definition) is 1. The van der Waals surface area contributed by atoms with Gasteiger partial charge in [-0.1, -0.05) is 39.0 Å². The number of hydrogen-bond acceptors (Lipinski definition) is 1. The third-order valence-corrected chi connectivity index (χ3v) is 3.32. The summed E-state index contributed by atoms with van der Waals surface area (Å²) in [6, 6.07) is 0. The van der Waals surface area contributed by atoms with Crippen LogP contribution in [0.4, 0.5) is 0 Å². The first-order valence-electron chi connectivity index (χ1n) is 4.45. The number of rotatable bonds is 2. The molecule has 1 fully saturated rings. The molecule has 1 saturated carbocycles. The molecule has 0 aliphatic heterocycles. The highest BCUT2D eigenvalue weighted by Gasteiger charge is 2.18. The Morgan fingerprint density at radius 1 is 1.30 bits per heavy atom. The average molecular weight is 158 g/mol. The summed E-state index contributed by atoms with van der Waals surface area (Å²) in [6.45, 7) is 2.34. The highest BCUT2D eigenvalue weighted by Crippen LogP contribution is 2.29. The van der Waals surface area contributed by atoms with Gasteiger partial charge in [0.2, 0.25) is 0 Å². The Kier molecular flexibility index (Phi) is 3.61. The van der Waals surface area contributed by atoms with E-state index in [1.807, 2.05) is 0 Å². The zero-order valence-electron chi connectivity index (χ0n) is 6.84. The lowest BCUT2D eigenvalue weighted by atomic mass is 9.82. The maximum absolute atomic E-state index is 4.33. The predicted octanol–water partition coefficient (Wildman–Crippen LogP) is 3.13. The molecule has 0 bridgehead atoms. The van der Waals surface area contributed by atoms with Crippen molar-refractivity contribution in [2.45, 2.75) is 39.0 Å². The molecule has 1 atom stereocenters. The quantitative estimate of drug-likeness (QED) is 0.586.